The first-order chi connectivity index (χ1) is 13.3. The molecule has 1 aliphatic heterocycles. The third-order valence-corrected chi connectivity index (χ3v) is 6.51. The maximum absolute atomic E-state index is 12.4. The Kier molecular flexibility index (Phi) is 6.82. The SMILES string of the molecule is O=C(COc1ccc(Cl)cc1)N1CCC(NS(=O)(=O)c2ccc(Cl)cc2)CC1. The molecule has 1 saturated heterocycles. The molecule has 1 N–H and O–H groups in total. The maximum atomic E-state index is 12.4. The zero-order valence-electron chi connectivity index (χ0n) is 15.0. The molecule has 0 saturated carbocycles. The second kappa shape index (κ2) is 9.13. The lowest BCUT2D eigenvalue weighted by Crippen LogP contribution is -2.47. The number of rotatable bonds is 6. The van der Waals surface area contributed by atoms with E-state index in [-0.39, 0.29) is 23.5 Å². The van der Waals surface area contributed by atoms with Crippen LogP contribution in [0.3, 0.4) is 0 Å². The normalized spacial score (nSPS) is 15.4. The summed E-state index contributed by atoms with van der Waals surface area (Å²) >= 11 is 11.6. The molecule has 2 aromatic rings. The first-order valence-electron chi connectivity index (χ1n) is 8.77. The Morgan fingerprint density at radius 2 is 1.54 bits per heavy atom. The highest BCUT2D eigenvalue weighted by Gasteiger charge is 2.26. The minimum absolute atomic E-state index is 0.0667. The molecular formula is C19H20Cl2N2O4S. The zero-order chi connectivity index (χ0) is 20.1. The molecule has 0 aromatic heterocycles. The van der Waals surface area contributed by atoms with E-state index in [2.05, 4.69) is 4.72 Å². The van der Waals surface area contributed by atoms with Gasteiger partial charge in [0.05, 0.1) is 4.90 Å². The van der Waals surface area contributed by atoms with Gasteiger partial charge in [-0.2, -0.15) is 0 Å². The van der Waals surface area contributed by atoms with Crippen LogP contribution in [0.1, 0.15) is 12.8 Å². The van der Waals surface area contributed by atoms with Gasteiger partial charge < -0.3 is 9.64 Å². The molecule has 6 nitrogen and oxygen atoms in total. The average molecular weight is 443 g/mol. The molecule has 1 fully saturated rings. The number of piperidine rings is 1. The fourth-order valence-corrected chi connectivity index (χ4v) is 4.47. The fourth-order valence-electron chi connectivity index (χ4n) is 2.92. The molecule has 0 unspecified atom stereocenters. The van der Waals surface area contributed by atoms with Crippen LogP contribution >= 0.6 is 23.2 Å². The van der Waals surface area contributed by atoms with E-state index in [1.54, 1.807) is 29.2 Å². The molecule has 3 rings (SSSR count). The molecular weight excluding hydrogens is 423 g/mol. The lowest BCUT2D eigenvalue weighted by Gasteiger charge is -2.32. The largest absolute Gasteiger partial charge is 0.484 e. The van der Waals surface area contributed by atoms with Gasteiger partial charge >= 0.3 is 0 Å². The van der Waals surface area contributed by atoms with Crippen LogP contribution in [0, 0.1) is 0 Å². The lowest BCUT2D eigenvalue weighted by atomic mass is 10.1. The topological polar surface area (TPSA) is 75.7 Å². The highest BCUT2D eigenvalue weighted by Crippen LogP contribution is 2.18. The van der Waals surface area contributed by atoms with Crippen LogP contribution in [0.15, 0.2) is 53.4 Å². The van der Waals surface area contributed by atoms with Gasteiger partial charge in [-0.15, -0.1) is 0 Å². The van der Waals surface area contributed by atoms with E-state index in [4.69, 9.17) is 27.9 Å². The van der Waals surface area contributed by atoms with E-state index in [9.17, 15) is 13.2 Å². The van der Waals surface area contributed by atoms with E-state index >= 15 is 0 Å². The van der Waals surface area contributed by atoms with Gasteiger partial charge in [-0.25, -0.2) is 13.1 Å². The van der Waals surface area contributed by atoms with Crippen molar-refractivity contribution in [2.75, 3.05) is 19.7 Å². The third-order valence-electron chi connectivity index (χ3n) is 4.47. The zero-order valence-corrected chi connectivity index (χ0v) is 17.3. The summed E-state index contributed by atoms with van der Waals surface area (Å²) in [5, 5.41) is 1.08. The summed E-state index contributed by atoms with van der Waals surface area (Å²) in [7, 11) is -3.61. The van der Waals surface area contributed by atoms with Crippen molar-refractivity contribution in [1.82, 2.24) is 9.62 Å². The molecule has 1 amide bonds. The van der Waals surface area contributed by atoms with Gasteiger partial charge in [0.15, 0.2) is 6.61 Å². The molecule has 0 aliphatic carbocycles. The Hall–Kier alpha value is -1.80. The van der Waals surface area contributed by atoms with Gasteiger partial charge in [-0.05, 0) is 61.4 Å². The Labute approximate surface area is 174 Å². The first-order valence-corrected chi connectivity index (χ1v) is 11.0. The highest BCUT2D eigenvalue weighted by molar-refractivity contribution is 7.89. The van der Waals surface area contributed by atoms with Crippen LogP contribution in [0.2, 0.25) is 10.0 Å². The standard InChI is InChI=1S/C19H20Cl2N2O4S/c20-14-1-5-17(6-2-14)27-13-19(24)23-11-9-16(10-12-23)22-28(25,26)18-7-3-15(21)4-8-18/h1-8,16,22H,9-13H2. The fraction of sp³-hybridized carbons (Fsp3) is 0.316. The number of halogens is 2. The Balaban J connectivity index is 1.47. The number of likely N-dealkylation sites (tertiary alicyclic amines) is 1. The minimum Gasteiger partial charge on any atom is -0.484 e. The highest BCUT2D eigenvalue weighted by atomic mass is 35.5. The van der Waals surface area contributed by atoms with Crippen LogP contribution in [0.5, 0.6) is 5.75 Å². The molecule has 1 aliphatic rings. The summed E-state index contributed by atoms with van der Waals surface area (Å²) in [6, 6.07) is 12.6. The number of hydrogen-bond acceptors (Lipinski definition) is 4. The number of carbonyl (C=O) groups is 1. The van der Waals surface area contributed by atoms with Crippen LogP contribution in [0.4, 0.5) is 0 Å². The second-order valence-corrected chi connectivity index (χ2v) is 9.06. The van der Waals surface area contributed by atoms with Crippen molar-refractivity contribution in [3.8, 4) is 5.75 Å². The summed E-state index contributed by atoms with van der Waals surface area (Å²) in [5.74, 6) is 0.442. The number of nitrogens with one attached hydrogen (secondary N) is 1. The molecule has 0 spiro atoms. The number of sulfonamides is 1. The quantitative estimate of drug-likeness (QED) is 0.743. The van der Waals surface area contributed by atoms with Gasteiger partial charge in [0.25, 0.3) is 5.91 Å². The maximum Gasteiger partial charge on any atom is 0.260 e. The predicted molar refractivity (Wildman–Crippen MR) is 108 cm³/mol. The second-order valence-electron chi connectivity index (χ2n) is 6.47. The van der Waals surface area contributed by atoms with E-state index < -0.39 is 10.0 Å². The van der Waals surface area contributed by atoms with Crippen LogP contribution in [0.25, 0.3) is 0 Å². The van der Waals surface area contributed by atoms with E-state index in [0.29, 0.717) is 41.7 Å². The van der Waals surface area contributed by atoms with Crippen molar-refractivity contribution in [2.45, 2.75) is 23.8 Å². The minimum atomic E-state index is -3.61. The van der Waals surface area contributed by atoms with E-state index in [0.717, 1.165) is 0 Å². The van der Waals surface area contributed by atoms with Crippen LogP contribution in [-0.2, 0) is 14.8 Å². The Bertz CT molecular complexity index is 910. The van der Waals surface area contributed by atoms with E-state index in [1.807, 2.05) is 0 Å². The number of carbonyl (C=O) groups excluding carboxylic acids is 1. The van der Waals surface area contributed by atoms with Crippen molar-refractivity contribution in [2.24, 2.45) is 0 Å². The van der Waals surface area contributed by atoms with Crippen molar-refractivity contribution in [1.29, 1.82) is 0 Å². The molecule has 28 heavy (non-hydrogen) atoms. The summed E-state index contributed by atoms with van der Waals surface area (Å²) < 4.78 is 33.1. The molecule has 0 bridgehead atoms. The average Bonchev–Trinajstić information content (AvgIpc) is 2.68. The molecule has 9 heteroatoms. The lowest BCUT2D eigenvalue weighted by molar-refractivity contribution is -0.134. The summed E-state index contributed by atoms with van der Waals surface area (Å²) in [6.07, 6.45) is 1.08. The van der Waals surface area contributed by atoms with Gasteiger partial charge in [0, 0.05) is 29.2 Å². The molecule has 0 radical (unpaired) electrons. The van der Waals surface area contributed by atoms with Crippen LogP contribution < -0.4 is 9.46 Å². The number of amides is 1. The van der Waals surface area contributed by atoms with Crippen molar-refractivity contribution in [3.05, 3.63) is 58.6 Å². The number of ether oxygens (including phenoxy) is 1. The molecule has 1 heterocycles. The van der Waals surface area contributed by atoms with E-state index in [1.165, 1.54) is 24.3 Å². The Morgan fingerprint density at radius 1 is 1.00 bits per heavy atom. The van der Waals surface area contributed by atoms with Gasteiger partial charge in [0.1, 0.15) is 5.75 Å². The number of nitrogens with zero attached hydrogens (tertiary/aromatic N) is 1. The first kappa shape index (κ1) is 20.9. The molecule has 150 valence electrons. The Morgan fingerprint density at radius 3 is 2.11 bits per heavy atom. The monoisotopic (exact) mass is 442 g/mol. The number of hydrogen-bond donors (Lipinski definition) is 1. The van der Waals surface area contributed by atoms with Gasteiger partial charge in [-0.1, -0.05) is 23.2 Å². The van der Waals surface area contributed by atoms with Gasteiger partial charge in [-0.3, -0.25) is 4.79 Å². The smallest absolute Gasteiger partial charge is 0.260 e. The third kappa shape index (κ3) is 5.61. The molecule has 2 aromatic carbocycles. The van der Waals surface area contributed by atoms with Crippen molar-refractivity contribution >= 4 is 39.1 Å². The molecule has 0 atom stereocenters. The summed E-state index contributed by atoms with van der Waals surface area (Å²) in [4.78, 5) is 14.2. The van der Waals surface area contributed by atoms with Crippen molar-refractivity contribution in [3.63, 3.8) is 0 Å². The number of benzene rings is 2. The summed E-state index contributed by atoms with van der Waals surface area (Å²) in [6.45, 7) is 0.871. The summed E-state index contributed by atoms with van der Waals surface area (Å²) in [5.41, 5.74) is 0. The van der Waals surface area contributed by atoms with Gasteiger partial charge in [0.2, 0.25) is 10.0 Å². The van der Waals surface area contributed by atoms with Crippen molar-refractivity contribution < 1.29 is 17.9 Å². The van der Waals surface area contributed by atoms with Crippen LogP contribution in [-0.4, -0.2) is 45.0 Å². The predicted octanol–water partition coefficient (Wildman–Crippen LogP) is 3.34.